The number of alkyl carbamates (subject to hydrolysis) is 1. The minimum absolute atomic E-state index is 0.136. The van der Waals surface area contributed by atoms with Crippen molar-refractivity contribution in [2.45, 2.75) is 46.0 Å². The third kappa shape index (κ3) is 5.69. The molecule has 0 aliphatic carbocycles. The number of H-pyrrole nitrogens is 1. The number of rotatable bonds is 5. The quantitative estimate of drug-likeness (QED) is 0.431. The summed E-state index contributed by atoms with van der Waals surface area (Å²) < 4.78 is 5.38. The van der Waals surface area contributed by atoms with Crippen molar-refractivity contribution < 1.29 is 14.3 Å². The van der Waals surface area contributed by atoms with Gasteiger partial charge in [-0.2, -0.15) is 5.10 Å². The van der Waals surface area contributed by atoms with Gasteiger partial charge in [0.2, 0.25) is 5.91 Å². The summed E-state index contributed by atoms with van der Waals surface area (Å²) in [5, 5.41) is 11.0. The van der Waals surface area contributed by atoms with Crippen molar-refractivity contribution in [1.29, 1.82) is 0 Å². The van der Waals surface area contributed by atoms with Crippen molar-refractivity contribution in [2.75, 3.05) is 0 Å². The van der Waals surface area contributed by atoms with Gasteiger partial charge in [0.15, 0.2) is 0 Å². The molecule has 0 radical (unpaired) electrons. The number of hydrogen-bond acceptors (Lipinski definition) is 4. The van der Waals surface area contributed by atoms with E-state index in [0.717, 1.165) is 33.2 Å². The van der Waals surface area contributed by atoms with Gasteiger partial charge in [-0.3, -0.25) is 9.89 Å². The molecule has 2 amide bonds. The Morgan fingerprint density at radius 2 is 1.71 bits per heavy atom. The van der Waals surface area contributed by atoms with Gasteiger partial charge in [0, 0.05) is 24.9 Å². The van der Waals surface area contributed by atoms with Crippen LogP contribution in [-0.4, -0.2) is 33.1 Å². The third-order valence-electron chi connectivity index (χ3n) is 5.94. The molecule has 35 heavy (non-hydrogen) atoms. The van der Waals surface area contributed by atoms with Crippen molar-refractivity contribution in [1.82, 2.24) is 20.4 Å². The first kappa shape index (κ1) is 24.0. The van der Waals surface area contributed by atoms with Gasteiger partial charge >= 0.3 is 6.09 Å². The maximum atomic E-state index is 13.5. The zero-order valence-corrected chi connectivity index (χ0v) is 20.0. The Kier molecular flexibility index (Phi) is 7.77. The number of aromatic nitrogens is 2. The summed E-state index contributed by atoms with van der Waals surface area (Å²) in [5.74, 6) is -0.136. The van der Waals surface area contributed by atoms with Crippen LogP contribution < -0.4 is 5.32 Å². The SMILES string of the molecule is CC.O=C(N[C@@H]1Cc2ccc3[nH]ncc3c2CN(Cc2ccccc2)C1=O)OCc1ccccc1. The molecular formula is C28H30N4O3. The lowest BCUT2D eigenvalue weighted by Gasteiger charge is -2.25. The van der Waals surface area contributed by atoms with E-state index in [4.69, 9.17) is 4.74 Å². The Hall–Kier alpha value is -4.13. The topological polar surface area (TPSA) is 87.3 Å². The average Bonchev–Trinajstić information content (AvgIpc) is 3.34. The number of ether oxygens (including phenoxy) is 1. The second kappa shape index (κ2) is 11.3. The minimum atomic E-state index is -0.720. The summed E-state index contributed by atoms with van der Waals surface area (Å²) in [6.45, 7) is 5.04. The summed E-state index contributed by atoms with van der Waals surface area (Å²) in [6.07, 6.45) is 1.58. The monoisotopic (exact) mass is 470 g/mol. The van der Waals surface area contributed by atoms with Crippen LogP contribution in [0.1, 0.15) is 36.1 Å². The van der Waals surface area contributed by atoms with E-state index in [-0.39, 0.29) is 12.5 Å². The van der Waals surface area contributed by atoms with Gasteiger partial charge in [0.1, 0.15) is 12.6 Å². The molecule has 1 atom stereocenters. The molecule has 4 aromatic rings. The molecule has 180 valence electrons. The number of nitrogens with zero attached hydrogens (tertiary/aromatic N) is 2. The molecule has 1 aromatic heterocycles. The first-order chi connectivity index (χ1) is 17.2. The molecule has 0 saturated heterocycles. The van der Waals surface area contributed by atoms with Crippen LogP contribution in [0.25, 0.3) is 10.9 Å². The number of nitrogens with one attached hydrogen (secondary N) is 2. The lowest BCUT2D eigenvalue weighted by Crippen LogP contribution is -2.48. The first-order valence-corrected chi connectivity index (χ1v) is 11.9. The second-order valence-electron chi connectivity index (χ2n) is 8.18. The summed E-state index contributed by atoms with van der Waals surface area (Å²) in [7, 11) is 0. The van der Waals surface area contributed by atoms with Crippen LogP contribution in [-0.2, 0) is 35.6 Å². The number of amides is 2. The van der Waals surface area contributed by atoms with E-state index < -0.39 is 12.1 Å². The molecule has 5 rings (SSSR count). The zero-order valence-electron chi connectivity index (χ0n) is 20.0. The summed E-state index contributed by atoms with van der Waals surface area (Å²) in [4.78, 5) is 27.9. The Morgan fingerprint density at radius 1 is 1.03 bits per heavy atom. The lowest BCUT2D eigenvalue weighted by atomic mass is 9.99. The van der Waals surface area contributed by atoms with Gasteiger partial charge in [-0.25, -0.2) is 4.79 Å². The van der Waals surface area contributed by atoms with E-state index in [0.29, 0.717) is 19.5 Å². The zero-order chi connectivity index (χ0) is 24.6. The molecule has 1 aliphatic rings. The van der Waals surface area contributed by atoms with Gasteiger partial charge in [0.05, 0.1) is 11.7 Å². The highest BCUT2D eigenvalue weighted by Crippen LogP contribution is 2.28. The number of carbonyl (C=O) groups excluding carboxylic acids is 2. The fourth-order valence-corrected chi connectivity index (χ4v) is 4.25. The Labute approximate surface area is 205 Å². The van der Waals surface area contributed by atoms with E-state index in [1.165, 1.54) is 0 Å². The van der Waals surface area contributed by atoms with Gasteiger partial charge in [-0.15, -0.1) is 0 Å². The maximum absolute atomic E-state index is 13.5. The fourth-order valence-electron chi connectivity index (χ4n) is 4.25. The van der Waals surface area contributed by atoms with Crippen molar-refractivity contribution in [2.24, 2.45) is 0 Å². The van der Waals surface area contributed by atoms with Crippen LogP contribution in [0, 0.1) is 0 Å². The molecule has 3 aromatic carbocycles. The lowest BCUT2D eigenvalue weighted by molar-refractivity contribution is -0.134. The van der Waals surface area contributed by atoms with Crippen molar-refractivity contribution in [3.05, 3.63) is 101 Å². The molecule has 0 unspecified atom stereocenters. The minimum Gasteiger partial charge on any atom is -0.445 e. The van der Waals surface area contributed by atoms with Gasteiger partial charge < -0.3 is 15.0 Å². The molecule has 0 saturated carbocycles. The van der Waals surface area contributed by atoms with Crippen LogP contribution in [0.3, 0.4) is 0 Å². The largest absolute Gasteiger partial charge is 0.445 e. The summed E-state index contributed by atoms with van der Waals surface area (Å²) in [5.41, 5.74) is 4.90. The van der Waals surface area contributed by atoms with Crippen LogP contribution in [0.15, 0.2) is 79.0 Å². The molecule has 0 spiro atoms. The van der Waals surface area contributed by atoms with Crippen molar-refractivity contribution in [3.63, 3.8) is 0 Å². The van der Waals surface area contributed by atoms with Gasteiger partial charge in [-0.1, -0.05) is 80.6 Å². The van der Waals surface area contributed by atoms with E-state index in [2.05, 4.69) is 15.5 Å². The van der Waals surface area contributed by atoms with E-state index in [1.54, 1.807) is 11.1 Å². The number of carbonyl (C=O) groups is 2. The highest BCUT2D eigenvalue weighted by Gasteiger charge is 2.32. The molecule has 2 N–H and O–H groups in total. The highest BCUT2D eigenvalue weighted by atomic mass is 16.5. The second-order valence-corrected chi connectivity index (χ2v) is 8.18. The summed E-state index contributed by atoms with van der Waals surface area (Å²) >= 11 is 0. The van der Waals surface area contributed by atoms with Gasteiger partial charge in [-0.05, 0) is 28.3 Å². The first-order valence-electron chi connectivity index (χ1n) is 11.9. The predicted molar refractivity (Wildman–Crippen MR) is 135 cm³/mol. The standard InChI is InChI=1S/C26H24N4O3.C2H6/c31-25-24(28-26(32)33-17-19-9-5-2-6-10-19)13-20-11-12-23-21(14-27-29-23)22(20)16-30(25)15-18-7-3-1-4-8-18;1-2/h1-12,14,24H,13,15-17H2,(H,27,29)(H,28,32);1-2H3/t24-;/m1./s1. The van der Waals surface area contributed by atoms with Crippen LogP contribution in [0.4, 0.5) is 4.79 Å². The van der Waals surface area contributed by atoms with Crippen molar-refractivity contribution in [3.8, 4) is 0 Å². The average molecular weight is 471 g/mol. The normalized spacial score (nSPS) is 15.0. The number of aromatic amines is 1. The molecule has 0 fully saturated rings. The maximum Gasteiger partial charge on any atom is 0.408 e. The van der Waals surface area contributed by atoms with Crippen LogP contribution in [0.5, 0.6) is 0 Å². The van der Waals surface area contributed by atoms with E-state index in [1.807, 2.05) is 86.6 Å². The third-order valence-corrected chi connectivity index (χ3v) is 5.94. The van der Waals surface area contributed by atoms with Crippen LogP contribution >= 0.6 is 0 Å². The molecule has 0 bridgehead atoms. The summed E-state index contributed by atoms with van der Waals surface area (Å²) in [6, 6.07) is 22.5. The van der Waals surface area contributed by atoms with Crippen molar-refractivity contribution >= 4 is 22.9 Å². The molecule has 2 heterocycles. The number of benzene rings is 3. The van der Waals surface area contributed by atoms with E-state index in [9.17, 15) is 9.59 Å². The molecule has 7 heteroatoms. The Bertz CT molecular complexity index is 1270. The smallest absolute Gasteiger partial charge is 0.408 e. The molecular weight excluding hydrogens is 440 g/mol. The van der Waals surface area contributed by atoms with Crippen LogP contribution in [0.2, 0.25) is 0 Å². The Morgan fingerprint density at radius 3 is 2.43 bits per heavy atom. The Balaban J connectivity index is 0.00000141. The molecule has 1 aliphatic heterocycles. The fraction of sp³-hybridized carbons (Fsp3) is 0.250. The predicted octanol–water partition coefficient (Wildman–Crippen LogP) is 4.97. The number of hydrogen-bond donors (Lipinski definition) is 2. The number of fused-ring (bicyclic) bond motifs is 3. The van der Waals surface area contributed by atoms with Gasteiger partial charge in [0.25, 0.3) is 0 Å². The van der Waals surface area contributed by atoms with E-state index >= 15 is 0 Å². The molecule has 7 nitrogen and oxygen atoms in total. The highest BCUT2D eigenvalue weighted by molar-refractivity contribution is 5.89.